The minimum Gasteiger partial charge on any atom is -0.422 e. The van der Waals surface area contributed by atoms with Crippen LogP contribution in [-0.4, -0.2) is 24.0 Å². The van der Waals surface area contributed by atoms with Gasteiger partial charge in [-0.05, 0) is 31.0 Å². The second-order valence-electron chi connectivity index (χ2n) is 4.23. The minimum absolute atomic E-state index is 0.164. The van der Waals surface area contributed by atoms with Gasteiger partial charge in [0.1, 0.15) is 5.75 Å². The molecule has 0 saturated heterocycles. The molecular weight excluding hydrogens is 309 g/mol. The van der Waals surface area contributed by atoms with E-state index >= 15 is 0 Å². The van der Waals surface area contributed by atoms with Gasteiger partial charge in [0.25, 0.3) is 0 Å². The molecule has 9 heteroatoms. The molecule has 1 aromatic carbocycles. The van der Waals surface area contributed by atoms with Crippen LogP contribution in [0.15, 0.2) is 18.2 Å². The number of aryl methyl sites for hydroxylation is 1. The molecule has 118 valence electrons. The highest BCUT2D eigenvalue weighted by Gasteiger charge is 2.77. The van der Waals surface area contributed by atoms with Crippen molar-refractivity contribution in [1.29, 1.82) is 0 Å². The Bertz CT molecular complexity index is 549. The Morgan fingerprint density at radius 1 is 1.00 bits per heavy atom. The van der Waals surface area contributed by atoms with E-state index in [-0.39, 0.29) is 5.56 Å². The van der Waals surface area contributed by atoms with Crippen LogP contribution in [0.1, 0.15) is 11.1 Å². The average Bonchev–Trinajstić information content (AvgIpc) is 2.33. The molecule has 0 aliphatic heterocycles. The molecule has 0 heterocycles. The maximum atomic E-state index is 13.1. The zero-order valence-electron chi connectivity index (χ0n) is 10.7. The van der Waals surface area contributed by atoms with Gasteiger partial charge in [0.15, 0.2) is 0 Å². The minimum atomic E-state index is -6.59. The Hall–Kier alpha value is -1.80. The summed E-state index contributed by atoms with van der Waals surface area (Å²) in [6.45, 7) is 2.84. The van der Waals surface area contributed by atoms with Crippen molar-refractivity contribution in [2.24, 2.45) is 0 Å². The molecule has 1 aromatic rings. The van der Waals surface area contributed by atoms with Crippen molar-refractivity contribution in [1.82, 2.24) is 0 Å². The van der Waals surface area contributed by atoms with Crippen LogP contribution in [0, 0.1) is 13.8 Å². The Kier molecular flexibility index (Phi) is 4.27. The number of alkyl halides is 7. The number of ether oxygens (including phenoxy) is 1. The molecule has 0 spiro atoms. The Morgan fingerprint density at radius 3 is 2.00 bits per heavy atom. The second kappa shape index (κ2) is 5.19. The summed E-state index contributed by atoms with van der Waals surface area (Å²) in [4.78, 5) is 11.0. The van der Waals surface area contributed by atoms with Gasteiger partial charge in [-0.25, -0.2) is 4.79 Å². The molecule has 0 aliphatic rings. The summed E-state index contributed by atoms with van der Waals surface area (Å²) >= 11 is 0. The first-order valence-corrected chi connectivity index (χ1v) is 5.43. The molecule has 2 nitrogen and oxygen atoms in total. The number of rotatable bonds is 3. The van der Waals surface area contributed by atoms with Crippen LogP contribution < -0.4 is 4.74 Å². The Labute approximate surface area is 114 Å². The highest BCUT2D eigenvalue weighted by Crippen LogP contribution is 2.47. The lowest BCUT2D eigenvalue weighted by atomic mass is 10.1. The van der Waals surface area contributed by atoms with Crippen molar-refractivity contribution < 1.29 is 40.3 Å². The SMILES string of the molecule is Cc1cccc(OC(=O)C(F)(F)C(F)(F)C(F)(F)F)c1C. The average molecular weight is 318 g/mol. The van der Waals surface area contributed by atoms with E-state index in [4.69, 9.17) is 0 Å². The van der Waals surface area contributed by atoms with Crippen molar-refractivity contribution in [3.8, 4) is 5.75 Å². The van der Waals surface area contributed by atoms with Gasteiger partial charge >= 0.3 is 24.0 Å². The lowest BCUT2D eigenvalue weighted by molar-refractivity contribution is -0.346. The molecule has 0 atom stereocenters. The quantitative estimate of drug-likeness (QED) is 0.478. The van der Waals surface area contributed by atoms with Crippen molar-refractivity contribution in [2.45, 2.75) is 31.9 Å². The fourth-order valence-corrected chi connectivity index (χ4v) is 1.30. The third-order valence-electron chi connectivity index (χ3n) is 2.76. The fourth-order valence-electron chi connectivity index (χ4n) is 1.30. The van der Waals surface area contributed by atoms with Gasteiger partial charge in [-0.1, -0.05) is 12.1 Å². The monoisotopic (exact) mass is 318 g/mol. The largest absolute Gasteiger partial charge is 0.460 e. The van der Waals surface area contributed by atoms with Crippen molar-refractivity contribution in [3.05, 3.63) is 29.3 Å². The predicted molar refractivity (Wildman–Crippen MR) is 57.5 cm³/mol. The summed E-state index contributed by atoms with van der Waals surface area (Å²) in [7, 11) is 0. The van der Waals surface area contributed by atoms with Crippen LogP contribution in [0.25, 0.3) is 0 Å². The maximum absolute atomic E-state index is 13.1. The van der Waals surface area contributed by atoms with Crippen LogP contribution in [0.2, 0.25) is 0 Å². The van der Waals surface area contributed by atoms with E-state index in [1.54, 1.807) is 0 Å². The highest BCUT2D eigenvalue weighted by molar-refractivity contribution is 5.81. The van der Waals surface area contributed by atoms with Crippen molar-refractivity contribution in [2.75, 3.05) is 0 Å². The van der Waals surface area contributed by atoms with Gasteiger partial charge in [-0.2, -0.15) is 30.7 Å². The normalized spacial score (nSPS) is 13.2. The zero-order valence-corrected chi connectivity index (χ0v) is 10.7. The Balaban J connectivity index is 3.11. The van der Waals surface area contributed by atoms with Crippen molar-refractivity contribution in [3.63, 3.8) is 0 Å². The molecule has 0 fully saturated rings. The molecule has 0 bridgehead atoms. The first-order valence-electron chi connectivity index (χ1n) is 5.43. The Morgan fingerprint density at radius 2 is 1.52 bits per heavy atom. The molecule has 0 saturated carbocycles. The van der Waals surface area contributed by atoms with Crippen LogP contribution in [-0.2, 0) is 4.79 Å². The van der Waals surface area contributed by atoms with E-state index in [2.05, 4.69) is 4.74 Å². The summed E-state index contributed by atoms with van der Waals surface area (Å²) in [5.74, 6) is -16.1. The van der Waals surface area contributed by atoms with E-state index in [1.165, 1.54) is 26.0 Å². The van der Waals surface area contributed by atoms with Crippen LogP contribution >= 0.6 is 0 Å². The van der Waals surface area contributed by atoms with E-state index in [0.717, 1.165) is 6.07 Å². The van der Waals surface area contributed by atoms with Gasteiger partial charge in [-0.3, -0.25) is 0 Å². The predicted octanol–water partition coefficient (Wildman–Crippen LogP) is 4.04. The number of carbonyl (C=O) groups is 1. The number of benzene rings is 1. The summed E-state index contributed by atoms with van der Waals surface area (Å²) in [6.07, 6.45) is -6.59. The van der Waals surface area contributed by atoms with Gasteiger partial charge in [0.2, 0.25) is 0 Å². The first-order chi connectivity index (χ1) is 9.32. The summed E-state index contributed by atoms with van der Waals surface area (Å²) in [5.41, 5.74) is 0.642. The zero-order chi connectivity index (χ0) is 16.6. The molecule has 1 rings (SSSR count). The first kappa shape index (κ1) is 17.3. The molecule has 21 heavy (non-hydrogen) atoms. The lowest BCUT2D eigenvalue weighted by Gasteiger charge is -2.26. The molecule has 0 aromatic heterocycles. The van der Waals surface area contributed by atoms with E-state index in [1.807, 2.05) is 0 Å². The summed E-state index contributed by atoms with van der Waals surface area (Å²) in [5, 5.41) is 0. The standard InChI is InChI=1S/C12H9F7O2/c1-6-4-3-5-8(7(6)2)21-9(20)10(13,14)11(15,16)12(17,18)19/h3-5H,1-2H3. The summed E-state index contributed by atoms with van der Waals surface area (Å²) < 4.78 is 91.3. The second-order valence-corrected chi connectivity index (χ2v) is 4.23. The third kappa shape index (κ3) is 2.96. The number of carbonyl (C=O) groups excluding carboxylic acids is 1. The smallest absolute Gasteiger partial charge is 0.422 e. The summed E-state index contributed by atoms with van der Waals surface area (Å²) in [6, 6.07) is 3.78. The van der Waals surface area contributed by atoms with Gasteiger partial charge in [-0.15, -0.1) is 0 Å². The van der Waals surface area contributed by atoms with Crippen LogP contribution in [0.3, 0.4) is 0 Å². The molecule has 0 unspecified atom stereocenters. The maximum Gasteiger partial charge on any atom is 0.460 e. The van der Waals surface area contributed by atoms with Gasteiger partial charge < -0.3 is 4.74 Å². The van der Waals surface area contributed by atoms with Crippen molar-refractivity contribution >= 4 is 5.97 Å². The number of hydrogen-bond donors (Lipinski definition) is 0. The molecule has 0 amide bonds. The van der Waals surface area contributed by atoms with Gasteiger partial charge in [0, 0.05) is 0 Å². The molecule has 0 aliphatic carbocycles. The van der Waals surface area contributed by atoms with E-state index in [0.29, 0.717) is 5.56 Å². The van der Waals surface area contributed by atoms with E-state index < -0.39 is 29.7 Å². The van der Waals surface area contributed by atoms with Gasteiger partial charge in [0.05, 0.1) is 0 Å². The number of halogens is 7. The molecular formula is C12H9F7O2. The number of hydrogen-bond acceptors (Lipinski definition) is 2. The van der Waals surface area contributed by atoms with Crippen LogP contribution in [0.5, 0.6) is 5.75 Å². The topological polar surface area (TPSA) is 26.3 Å². The lowest BCUT2D eigenvalue weighted by Crippen LogP contribution is -2.57. The number of esters is 1. The third-order valence-corrected chi connectivity index (χ3v) is 2.76. The molecule has 0 radical (unpaired) electrons. The van der Waals surface area contributed by atoms with E-state index in [9.17, 15) is 35.5 Å². The molecule has 0 N–H and O–H groups in total. The van der Waals surface area contributed by atoms with Crippen LogP contribution in [0.4, 0.5) is 30.7 Å². The highest BCUT2D eigenvalue weighted by atomic mass is 19.4. The fraction of sp³-hybridized carbons (Fsp3) is 0.417.